The highest BCUT2D eigenvalue weighted by Crippen LogP contribution is 2.60. The molecule has 35 heavy (non-hydrogen) atoms. The number of alkyl carbamates (subject to hydrolysis) is 1. The fourth-order valence-electron chi connectivity index (χ4n) is 3.58. The van der Waals surface area contributed by atoms with Crippen LogP contribution in [0.5, 0.6) is 0 Å². The van der Waals surface area contributed by atoms with Crippen LogP contribution in [0.15, 0.2) is 21.9 Å². The van der Waals surface area contributed by atoms with Crippen LogP contribution >= 0.6 is 7.82 Å². The molecular weight excluding hydrogens is 489 g/mol. The monoisotopic (exact) mass is 515 g/mol. The van der Waals surface area contributed by atoms with Gasteiger partial charge in [0.15, 0.2) is 12.3 Å². The highest BCUT2D eigenvalue weighted by atomic mass is 31.2. The lowest BCUT2D eigenvalue weighted by atomic mass is 9.83. The molecule has 1 aromatic rings. The van der Waals surface area contributed by atoms with E-state index in [1.807, 2.05) is 0 Å². The number of hydrogen-bond acceptors (Lipinski definition) is 11. The molecule has 0 aliphatic carbocycles. The van der Waals surface area contributed by atoms with Gasteiger partial charge in [0.25, 0.3) is 5.56 Å². The molecule has 2 fully saturated rings. The molecule has 0 unspecified atom stereocenters. The molecule has 0 bridgehead atoms. The summed E-state index contributed by atoms with van der Waals surface area (Å²) in [6.07, 6.45) is 2.57. The Morgan fingerprint density at radius 1 is 1.43 bits per heavy atom. The van der Waals surface area contributed by atoms with E-state index in [0.29, 0.717) is 0 Å². The standard InChI is InChI=1S/C20H26N3O11P/c1-6-20(4)15-13(33-17(20)23-8-7-14(24)22-18(23)26)10-31-35(28,34-15)30-9-12(21-19(27)29-5)16(25)32-11(2)3/h1,7-8,11-13,15,17H,9-10H2,2-5H3,(H,21,27)(H,22,24,26)/t12-,13+,15+,17+,20+,35-/m0/s1. The molecule has 2 N–H and O–H groups in total. The number of aromatic nitrogens is 2. The van der Waals surface area contributed by atoms with Gasteiger partial charge in [-0.3, -0.25) is 27.9 Å². The largest absolute Gasteiger partial charge is 0.475 e. The number of terminal acetylenes is 1. The third-order valence-corrected chi connectivity index (χ3v) is 6.73. The minimum Gasteiger partial charge on any atom is -0.461 e. The van der Waals surface area contributed by atoms with Crippen LogP contribution in [0, 0.1) is 17.8 Å². The molecule has 1 aromatic heterocycles. The van der Waals surface area contributed by atoms with Gasteiger partial charge in [0, 0.05) is 12.3 Å². The molecule has 2 aliphatic heterocycles. The zero-order valence-electron chi connectivity index (χ0n) is 19.4. The number of carbonyl (C=O) groups excluding carboxylic acids is 2. The number of nitrogens with zero attached hydrogens (tertiary/aromatic N) is 1. The van der Waals surface area contributed by atoms with Crippen LogP contribution in [-0.4, -0.2) is 66.3 Å². The molecule has 192 valence electrons. The molecule has 3 heterocycles. The average Bonchev–Trinajstić information content (AvgIpc) is 3.08. The van der Waals surface area contributed by atoms with Gasteiger partial charge in [-0.05, 0) is 20.8 Å². The predicted octanol–water partition coefficient (Wildman–Crippen LogP) is 0.290. The van der Waals surface area contributed by atoms with Gasteiger partial charge in [-0.15, -0.1) is 6.42 Å². The van der Waals surface area contributed by atoms with Crippen molar-refractivity contribution in [3.05, 3.63) is 33.1 Å². The molecule has 1 amide bonds. The van der Waals surface area contributed by atoms with Crippen molar-refractivity contribution in [2.24, 2.45) is 5.41 Å². The quantitative estimate of drug-likeness (QED) is 0.290. The Bertz CT molecular complexity index is 1170. The second kappa shape index (κ2) is 10.3. The number of ether oxygens (including phenoxy) is 3. The highest BCUT2D eigenvalue weighted by molar-refractivity contribution is 7.48. The Morgan fingerprint density at radius 2 is 2.14 bits per heavy atom. The maximum Gasteiger partial charge on any atom is 0.475 e. The van der Waals surface area contributed by atoms with Gasteiger partial charge in [0.05, 0.1) is 26.4 Å². The van der Waals surface area contributed by atoms with Crippen molar-refractivity contribution in [1.82, 2.24) is 14.9 Å². The third-order valence-electron chi connectivity index (χ3n) is 5.31. The van der Waals surface area contributed by atoms with E-state index in [2.05, 4.69) is 21.0 Å². The molecule has 15 heteroatoms. The number of phosphoric ester groups is 1. The Kier molecular flexibility index (Phi) is 7.88. The number of fused-ring (bicyclic) bond motifs is 1. The molecule has 0 spiro atoms. The molecule has 0 saturated carbocycles. The number of phosphoric acid groups is 1. The summed E-state index contributed by atoms with van der Waals surface area (Å²) < 4.78 is 46.0. The van der Waals surface area contributed by atoms with Crippen molar-refractivity contribution in [3.8, 4) is 12.3 Å². The Morgan fingerprint density at radius 3 is 2.74 bits per heavy atom. The van der Waals surface area contributed by atoms with Crippen molar-refractivity contribution in [1.29, 1.82) is 0 Å². The summed E-state index contributed by atoms with van der Waals surface area (Å²) >= 11 is 0. The van der Waals surface area contributed by atoms with Gasteiger partial charge in [0.2, 0.25) is 0 Å². The highest BCUT2D eigenvalue weighted by Gasteiger charge is 2.60. The van der Waals surface area contributed by atoms with Gasteiger partial charge in [0.1, 0.15) is 17.6 Å². The third kappa shape index (κ3) is 5.66. The average molecular weight is 515 g/mol. The van der Waals surface area contributed by atoms with Gasteiger partial charge in [-0.1, -0.05) is 5.92 Å². The fraction of sp³-hybridized carbons (Fsp3) is 0.600. The van der Waals surface area contributed by atoms with E-state index in [0.717, 1.165) is 17.7 Å². The second-order valence-corrected chi connectivity index (χ2v) is 9.83. The van der Waals surface area contributed by atoms with Gasteiger partial charge >= 0.3 is 25.6 Å². The minimum atomic E-state index is -4.31. The fourth-order valence-corrected chi connectivity index (χ4v) is 5.07. The smallest absolute Gasteiger partial charge is 0.461 e. The van der Waals surface area contributed by atoms with Crippen LogP contribution in [0.4, 0.5) is 4.79 Å². The zero-order chi connectivity index (χ0) is 26.0. The summed E-state index contributed by atoms with van der Waals surface area (Å²) in [7, 11) is -3.22. The van der Waals surface area contributed by atoms with Crippen molar-refractivity contribution in [2.75, 3.05) is 20.3 Å². The minimum absolute atomic E-state index is 0.278. The number of aromatic amines is 1. The van der Waals surface area contributed by atoms with E-state index >= 15 is 0 Å². The maximum atomic E-state index is 13.2. The van der Waals surface area contributed by atoms with E-state index in [-0.39, 0.29) is 6.61 Å². The molecule has 2 aliphatic rings. The summed E-state index contributed by atoms with van der Waals surface area (Å²) in [5, 5.41) is 2.22. The van der Waals surface area contributed by atoms with Crippen LogP contribution in [0.1, 0.15) is 27.0 Å². The van der Waals surface area contributed by atoms with Crippen molar-refractivity contribution >= 4 is 19.9 Å². The number of nitrogens with one attached hydrogen (secondary N) is 2. The molecule has 2 saturated heterocycles. The number of rotatable bonds is 7. The van der Waals surface area contributed by atoms with E-state index in [1.165, 1.54) is 6.20 Å². The number of methoxy groups -OCH3 is 1. The van der Waals surface area contributed by atoms with Crippen LogP contribution < -0.4 is 16.6 Å². The van der Waals surface area contributed by atoms with E-state index in [1.54, 1.807) is 20.8 Å². The molecule has 0 radical (unpaired) electrons. The first kappa shape index (κ1) is 26.7. The normalized spacial score (nSPS) is 30.7. The first-order chi connectivity index (χ1) is 16.4. The number of esters is 1. The SMILES string of the molecule is C#C[C@]1(C)[C@@H]2O[P@@](=O)(OC[C@H](NC(=O)OC)C(=O)OC(C)C)OC[C@H]2O[C@H]1n1ccc(=O)[nH]c1=O. The van der Waals surface area contributed by atoms with Crippen LogP contribution in [-0.2, 0) is 37.1 Å². The number of H-pyrrole nitrogens is 1. The predicted molar refractivity (Wildman–Crippen MR) is 117 cm³/mol. The number of amides is 1. The first-order valence-corrected chi connectivity index (χ1v) is 12.0. The zero-order valence-corrected chi connectivity index (χ0v) is 20.3. The van der Waals surface area contributed by atoms with Crippen molar-refractivity contribution in [2.45, 2.75) is 51.4 Å². The summed E-state index contributed by atoms with van der Waals surface area (Å²) in [5.74, 6) is 1.67. The van der Waals surface area contributed by atoms with Crippen LogP contribution in [0.25, 0.3) is 0 Å². The lowest BCUT2D eigenvalue weighted by Crippen LogP contribution is -2.46. The topological polar surface area (TPSA) is 173 Å². The van der Waals surface area contributed by atoms with Crippen LogP contribution in [0.3, 0.4) is 0 Å². The van der Waals surface area contributed by atoms with Crippen molar-refractivity contribution < 1.29 is 41.9 Å². The lowest BCUT2D eigenvalue weighted by molar-refractivity contribution is -0.150. The van der Waals surface area contributed by atoms with Crippen LogP contribution in [0.2, 0.25) is 0 Å². The van der Waals surface area contributed by atoms with E-state index in [4.69, 9.17) is 29.5 Å². The number of carbonyl (C=O) groups is 2. The van der Waals surface area contributed by atoms with Crippen molar-refractivity contribution in [3.63, 3.8) is 0 Å². The Hall–Kier alpha value is -2.95. The number of hydrogen-bond donors (Lipinski definition) is 2. The van der Waals surface area contributed by atoms with Gasteiger partial charge < -0.3 is 19.5 Å². The van der Waals surface area contributed by atoms with Gasteiger partial charge in [-0.25, -0.2) is 18.9 Å². The molecule has 14 nitrogen and oxygen atoms in total. The lowest BCUT2D eigenvalue weighted by Gasteiger charge is -2.35. The molecule has 6 atom stereocenters. The van der Waals surface area contributed by atoms with E-state index in [9.17, 15) is 23.7 Å². The first-order valence-electron chi connectivity index (χ1n) is 10.5. The summed E-state index contributed by atoms with van der Waals surface area (Å²) in [6, 6.07) is -0.258. The maximum absolute atomic E-state index is 13.2. The summed E-state index contributed by atoms with van der Waals surface area (Å²) in [5.41, 5.74) is -2.70. The Balaban J connectivity index is 1.79. The van der Waals surface area contributed by atoms with Gasteiger partial charge in [-0.2, -0.15) is 0 Å². The summed E-state index contributed by atoms with van der Waals surface area (Å²) in [4.78, 5) is 49.8. The summed E-state index contributed by atoms with van der Waals surface area (Å²) in [6.45, 7) is 3.85. The van der Waals surface area contributed by atoms with E-state index < -0.39 is 73.7 Å². The Labute approximate surface area is 199 Å². The molecule has 0 aromatic carbocycles. The molecule has 3 rings (SSSR count). The second-order valence-electron chi connectivity index (χ2n) is 8.21. The molecular formula is C20H26N3O11P.